The van der Waals surface area contributed by atoms with Crippen LogP contribution in [0.5, 0.6) is 0 Å². The summed E-state index contributed by atoms with van der Waals surface area (Å²) in [5, 5.41) is 4.21. The number of nitrogens with one attached hydrogen (secondary N) is 2. The first kappa shape index (κ1) is 19.3. The molecule has 0 unspecified atom stereocenters. The van der Waals surface area contributed by atoms with Gasteiger partial charge in [-0.25, -0.2) is 0 Å². The average Bonchev–Trinajstić information content (AvgIpc) is 3.39. The number of aryl methyl sites for hydroxylation is 1. The summed E-state index contributed by atoms with van der Waals surface area (Å²) < 4.78 is 0. The van der Waals surface area contributed by atoms with Gasteiger partial charge in [0.15, 0.2) is 5.78 Å². The maximum absolute atomic E-state index is 13.2. The number of hydrogen-bond donors (Lipinski definition) is 3. The van der Waals surface area contributed by atoms with Crippen molar-refractivity contribution in [1.82, 2.24) is 10.3 Å². The van der Waals surface area contributed by atoms with Crippen molar-refractivity contribution in [2.45, 2.75) is 19.8 Å². The monoisotopic (exact) mass is 403 g/mol. The van der Waals surface area contributed by atoms with Crippen LogP contribution in [0.25, 0.3) is 11.9 Å². The number of allylic oxidation sites excluding steroid dienone is 1. The fraction of sp³-hybridized carbons (Fsp3) is 0.200. The van der Waals surface area contributed by atoms with Gasteiger partial charge in [-0.3, -0.25) is 9.59 Å². The number of amides is 1. The minimum absolute atomic E-state index is 0.00878. The van der Waals surface area contributed by atoms with Crippen LogP contribution in [0.4, 0.5) is 0 Å². The van der Waals surface area contributed by atoms with Gasteiger partial charge in [0, 0.05) is 16.8 Å². The Morgan fingerprint density at radius 2 is 1.89 bits per heavy atom. The van der Waals surface area contributed by atoms with Crippen molar-refractivity contribution in [2.75, 3.05) is 0 Å². The van der Waals surface area contributed by atoms with Crippen LogP contribution in [0.1, 0.15) is 34.5 Å². The zero-order valence-corrected chi connectivity index (χ0v) is 16.2. The molecule has 27 heavy (non-hydrogen) atoms. The van der Waals surface area contributed by atoms with Gasteiger partial charge >= 0.3 is 0 Å². The van der Waals surface area contributed by atoms with Crippen molar-refractivity contribution in [3.63, 3.8) is 0 Å². The summed E-state index contributed by atoms with van der Waals surface area (Å²) in [6, 6.07) is 4.89. The number of nitrogens with two attached hydrogens (primary N) is 1. The van der Waals surface area contributed by atoms with Crippen molar-refractivity contribution in [3.8, 4) is 0 Å². The van der Waals surface area contributed by atoms with Crippen molar-refractivity contribution < 1.29 is 9.59 Å². The van der Waals surface area contributed by atoms with E-state index >= 15 is 0 Å². The maximum atomic E-state index is 13.2. The van der Waals surface area contributed by atoms with Crippen LogP contribution in [0.3, 0.4) is 0 Å². The Kier molecular flexibility index (Phi) is 5.44. The normalized spacial score (nSPS) is 15.4. The van der Waals surface area contributed by atoms with E-state index in [1.54, 1.807) is 37.3 Å². The first-order valence-electron chi connectivity index (χ1n) is 8.45. The third-order valence-electron chi connectivity index (χ3n) is 4.40. The SMILES string of the molecule is C=C/C=c1/c(C(=O)c2c(Cl)cccc2Cl)c(C)[nH]/c1=C(/N)NC(=O)C1CC1. The van der Waals surface area contributed by atoms with E-state index in [1.165, 1.54) is 0 Å². The van der Waals surface area contributed by atoms with Crippen LogP contribution in [0.15, 0.2) is 30.9 Å². The minimum Gasteiger partial charge on any atom is -0.383 e. The zero-order chi connectivity index (χ0) is 19.7. The highest BCUT2D eigenvalue weighted by Crippen LogP contribution is 2.29. The van der Waals surface area contributed by atoms with Gasteiger partial charge in [0.25, 0.3) is 0 Å². The van der Waals surface area contributed by atoms with E-state index in [9.17, 15) is 9.59 Å². The summed E-state index contributed by atoms with van der Waals surface area (Å²) in [7, 11) is 0. The second-order valence-electron chi connectivity index (χ2n) is 6.42. The molecule has 3 rings (SSSR count). The number of benzene rings is 1. The lowest BCUT2D eigenvalue weighted by molar-refractivity contribution is -0.121. The molecule has 140 valence electrons. The van der Waals surface area contributed by atoms with Gasteiger partial charge in [0.05, 0.1) is 26.5 Å². The Labute approximate surface area is 166 Å². The summed E-state index contributed by atoms with van der Waals surface area (Å²) in [6.45, 7) is 5.45. The molecule has 1 amide bonds. The number of rotatable bonds is 5. The number of aromatic nitrogens is 1. The Morgan fingerprint density at radius 3 is 2.44 bits per heavy atom. The van der Waals surface area contributed by atoms with Gasteiger partial charge in [0.2, 0.25) is 5.91 Å². The largest absolute Gasteiger partial charge is 0.383 e. The van der Waals surface area contributed by atoms with E-state index in [-0.39, 0.29) is 39.0 Å². The molecule has 1 aliphatic rings. The highest BCUT2D eigenvalue weighted by molar-refractivity contribution is 6.41. The standard InChI is InChI=1S/C20H19Cl2N3O2/c1-3-5-12-15(18(26)16-13(21)6-4-7-14(16)22)10(2)24-17(12)19(23)25-20(27)11-8-9-11/h3-7,11,24H,1,8-9,23H2,2H3,(H,25,27)/b12-5-,19-17-. The zero-order valence-electron chi connectivity index (χ0n) is 14.7. The summed E-state index contributed by atoms with van der Waals surface area (Å²) >= 11 is 12.4. The van der Waals surface area contributed by atoms with Gasteiger partial charge in [-0.05, 0) is 31.9 Å². The Bertz CT molecular complexity index is 1050. The number of halogens is 2. The third kappa shape index (κ3) is 3.80. The van der Waals surface area contributed by atoms with E-state index in [4.69, 9.17) is 28.9 Å². The Hall–Kier alpha value is -2.50. The first-order chi connectivity index (χ1) is 12.8. The molecule has 2 aromatic rings. The number of hydrogen-bond acceptors (Lipinski definition) is 3. The fourth-order valence-electron chi connectivity index (χ4n) is 2.92. The minimum atomic E-state index is -0.333. The van der Waals surface area contributed by atoms with Crippen LogP contribution in [-0.4, -0.2) is 16.7 Å². The van der Waals surface area contributed by atoms with Gasteiger partial charge in [-0.2, -0.15) is 0 Å². The van der Waals surface area contributed by atoms with Crippen LogP contribution in [0, 0.1) is 12.8 Å². The van der Waals surface area contributed by atoms with Gasteiger partial charge in [-0.1, -0.05) is 48.0 Å². The summed E-state index contributed by atoms with van der Waals surface area (Å²) in [6.07, 6.45) is 4.94. The van der Waals surface area contributed by atoms with Crippen molar-refractivity contribution in [2.24, 2.45) is 11.7 Å². The molecule has 1 heterocycles. The molecule has 5 nitrogen and oxygen atoms in total. The number of ketones is 1. The molecule has 0 atom stereocenters. The molecule has 0 bridgehead atoms. The lowest BCUT2D eigenvalue weighted by atomic mass is 10.0. The van der Waals surface area contributed by atoms with Gasteiger partial charge in [0.1, 0.15) is 5.82 Å². The molecular formula is C20H19Cl2N3O2. The van der Waals surface area contributed by atoms with E-state index in [1.807, 2.05) is 0 Å². The highest BCUT2D eigenvalue weighted by atomic mass is 35.5. The predicted molar refractivity (Wildman–Crippen MR) is 108 cm³/mol. The smallest absolute Gasteiger partial charge is 0.228 e. The van der Waals surface area contributed by atoms with Crippen LogP contribution in [-0.2, 0) is 4.79 Å². The van der Waals surface area contributed by atoms with Crippen LogP contribution < -0.4 is 21.6 Å². The summed E-state index contributed by atoms with van der Waals surface area (Å²) in [5.74, 6) is -0.284. The number of aromatic amines is 1. The molecule has 7 heteroatoms. The Balaban J connectivity index is 2.18. The van der Waals surface area contributed by atoms with Crippen molar-refractivity contribution >= 4 is 46.8 Å². The Morgan fingerprint density at radius 1 is 1.26 bits per heavy atom. The fourth-order valence-corrected chi connectivity index (χ4v) is 3.49. The molecule has 1 fully saturated rings. The van der Waals surface area contributed by atoms with Crippen molar-refractivity contribution in [1.29, 1.82) is 0 Å². The topological polar surface area (TPSA) is 88.0 Å². The molecule has 1 aliphatic carbocycles. The van der Waals surface area contributed by atoms with Crippen molar-refractivity contribution in [3.05, 3.63) is 68.3 Å². The molecule has 0 saturated heterocycles. The van der Waals surface area contributed by atoms with Crippen LogP contribution >= 0.6 is 23.2 Å². The molecule has 1 aromatic carbocycles. The quantitative estimate of drug-likeness (QED) is 0.669. The van der Waals surface area contributed by atoms with E-state index in [2.05, 4.69) is 16.9 Å². The second-order valence-corrected chi connectivity index (χ2v) is 7.23. The summed E-state index contributed by atoms with van der Waals surface area (Å²) in [5.41, 5.74) is 7.29. The molecule has 0 spiro atoms. The molecule has 1 aromatic heterocycles. The van der Waals surface area contributed by atoms with E-state index in [0.29, 0.717) is 21.8 Å². The molecule has 4 N–H and O–H groups in total. The maximum Gasteiger partial charge on any atom is 0.228 e. The second kappa shape index (κ2) is 7.62. The van der Waals surface area contributed by atoms with Crippen LogP contribution in [0.2, 0.25) is 10.0 Å². The highest BCUT2D eigenvalue weighted by Gasteiger charge is 2.30. The summed E-state index contributed by atoms with van der Waals surface area (Å²) in [4.78, 5) is 28.3. The lowest BCUT2D eigenvalue weighted by Gasteiger charge is -2.06. The van der Waals surface area contributed by atoms with E-state index < -0.39 is 0 Å². The number of H-pyrrole nitrogens is 1. The van der Waals surface area contributed by atoms with Gasteiger partial charge < -0.3 is 16.0 Å². The molecular weight excluding hydrogens is 385 g/mol. The van der Waals surface area contributed by atoms with E-state index in [0.717, 1.165) is 12.8 Å². The molecule has 0 aliphatic heterocycles. The number of carbonyl (C=O) groups is 2. The first-order valence-corrected chi connectivity index (χ1v) is 9.21. The predicted octanol–water partition coefficient (Wildman–Crippen LogP) is 2.38. The average molecular weight is 404 g/mol. The molecule has 1 saturated carbocycles. The number of carbonyl (C=O) groups excluding carboxylic acids is 2. The third-order valence-corrected chi connectivity index (χ3v) is 5.03. The lowest BCUT2D eigenvalue weighted by Crippen LogP contribution is -2.39. The molecule has 0 radical (unpaired) electrons. The van der Waals surface area contributed by atoms with Gasteiger partial charge in [-0.15, -0.1) is 0 Å².